The zero-order valence-corrected chi connectivity index (χ0v) is 42.8. The number of amides is 5. The van der Waals surface area contributed by atoms with E-state index in [9.17, 15) is 59.7 Å². The van der Waals surface area contributed by atoms with Crippen LogP contribution in [0.3, 0.4) is 0 Å². The molecule has 2 aromatic carbocycles. The van der Waals surface area contributed by atoms with Crippen molar-refractivity contribution in [3.05, 3.63) is 43.7 Å². The van der Waals surface area contributed by atoms with E-state index in [2.05, 4.69) is 16.0 Å². The van der Waals surface area contributed by atoms with Crippen molar-refractivity contribution in [1.29, 1.82) is 0 Å². The predicted octanol–water partition coefficient (Wildman–Crippen LogP) is 0.710. The Kier molecular flexibility index (Phi) is 22.4. The summed E-state index contributed by atoms with van der Waals surface area (Å²) in [5.41, 5.74) is 0.683. The van der Waals surface area contributed by atoms with E-state index in [1.807, 2.05) is 136 Å². The maximum atomic E-state index is 14.0. The minimum atomic E-state index is -1.42. The van der Waals surface area contributed by atoms with Gasteiger partial charge in [-0.15, -0.1) is 0 Å². The molecule has 0 aliphatic rings. The van der Waals surface area contributed by atoms with Crippen molar-refractivity contribution >= 4 is 176 Å². The first-order valence-corrected chi connectivity index (χ1v) is 22.7. The predicted molar refractivity (Wildman–Crippen MR) is 256 cm³/mol. The van der Waals surface area contributed by atoms with Gasteiger partial charge in [-0.1, -0.05) is 0 Å². The number of benzene rings is 2. The van der Waals surface area contributed by atoms with Crippen LogP contribution in [0.1, 0.15) is 47.9 Å². The zero-order valence-electron chi connectivity index (χ0n) is 29.9. The summed E-state index contributed by atoms with van der Waals surface area (Å²) >= 11 is 11.3. The molecule has 18 nitrogen and oxygen atoms in total. The Hall–Kier alpha value is -0.310. The molecule has 312 valence electrons. The van der Waals surface area contributed by atoms with E-state index in [0.717, 1.165) is 0 Å². The third-order valence-corrected chi connectivity index (χ3v) is 14.3. The van der Waals surface area contributed by atoms with Crippen LogP contribution in [0.15, 0.2) is 0 Å². The van der Waals surface area contributed by atoms with Gasteiger partial charge >= 0.3 is 0 Å². The summed E-state index contributed by atoms with van der Waals surface area (Å²) < 4.78 is 1.82. The van der Waals surface area contributed by atoms with Gasteiger partial charge in [0, 0.05) is 54.5 Å². The van der Waals surface area contributed by atoms with Gasteiger partial charge in [-0.05, 0) is 142 Å². The second-order valence-electron chi connectivity index (χ2n) is 12.1. The molecule has 3 atom stereocenters. The maximum Gasteiger partial charge on any atom is 0.255 e. The average Bonchev–Trinajstić information content (AvgIpc) is 3.15. The molecule has 56 heavy (non-hydrogen) atoms. The highest BCUT2D eigenvalue weighted by Crippen LogP contribution is 2.38. The van der Waals surface area contributed by atoms with Gasteiger partial charge in [0.15, 0.2) is 0 Å². The Labute approximate surface area is 404 Å². The zero-order chi connectivity index (χ0) is 42.8. The van der Waals surface area contributed by atoms with Crippen LogP contribution in [-0.2, 0) is 4.79 Å². The quantitative estimate of drug-likeness (QED) is 0.0529. The molecule has 0 fully saturated rings. The van der Waals surface area contributed by atoms with Crippen LogP contribution >= 0.6 is 136 Å². The molecule has 0 saturated carbocycles. The van der Waals surface area contributed by atoms with Gasteiger partial charge in [0.1, 0.15) is 12.8 Å². The number of halogens is 6. The Balaban J connectivity index is 2.43. The molecule has 0 spiro atoms. The van der Waals surface area contributed by atoms with Gasteiger partial charge in [0.05, 0.1) is 79.9 Å². The molecule has 10 N–H and O–H groups in total. The Morgan fingerprint density at radius 2 is 1.00 bits per heavy atom. The summed E-state index contributed by atoms with van der Waals surface area (Å²) in [6.07, 6.45) is -3.61. The van der Waals surface area contributed by atoms with E-state index in [4.69, 9.17) is 0 Å². The number of hydrogen-bond acceptors (Lipinski definition) is 13. The van der Waals surface area contributed by atoms with Crippen LogP contribution in [0, 0.1) is 21.4 Å². The monoisotopic (exact) mass is 1460 g/mol. The van der Waals surface area contributed by atoms with Gasteiger partial charge in [0.25, 0.3) is 23.6 Å². The molecule has 0 heterocycles. The first-order chi connectivity index (χ1) is 26.2. The molecule has 0 bridgehead atoms. The number of rotatable bonds is 19. The van der Waals surface area contributed by atoms with Crippen LogP contribution in [0.25, 0.3) is 0 Å². The van der Waals surface area contributed by atoms with Gasteiger partial charge < -0.3 is 66.4 Å². The SMILES string of the molecule is CN(CC(O)CO)C(=O)c1c(I)c(NC(O)CO)c(I)c(C(=O)NCCCN(C)C(=O)c2c(I)c(NC(=O)CO)c(I)c(C(=O)N(C)CC(O)CO)c2I)c1I. The number of anilines is 2. The highest BCUT2D eigenvalue weighted by atomic mass is 127. The van der Waals surface area contributed by atoms with Gasteiger partial charge in [0.2, 0.25) is 5.91 Å². The number of nitrogens with one attached hydrogen (secondary N) is 3. The lowest BCUT2D eigenvalue weighted by Gasteiger charge is -2.26. The summed E-state index contributed by atoms with van der Waals surface area (Å²) in [7, 11) is 4.35. The Bertz CT molecular complexity index is 1810. The number of likely N-dealkylation sites (N-methyl/N-ethyl adjacent to an activating group) is 2. The van der Waals surface area contributed by atoms with Crippen LogP contribution < -0.4 is 16.0 Å². The number of aliphatic hydroxyl groups is 7. The highest BCUT2D eigenvalue weighted by molar-refractivity contribution is 14.1. The fourth-order valence-electron chi connectivity index (χ4n) is 4.91. The van der Waals surface area contributed by atoms with Crippen LogP contribution in [0.5, 0.6) is 0 Å². The largest absolute Gasteiger partial charge is 0.394 e. The van der Waals surface area contributed by atoms with Crippen molar-refractivity contribution < 1.29 is 59.7 Å². The second-order valence-corrected chi connectivity index (χ2v) is 18.5. The van der Waals surface area contributed by atoms with Crippen molar-refractivity contribution in [2.75, 3.05) is 84.4 Å². The van der Waals surface area contributed by atoms with Crippen LogP contribution in [0.2, 0.25) is 0 Å². The highest BCUT2D eigenvalue weighted by Gasteiger charge is 2.33. The average molecular weight is 1460 g/mol. The first-order valence-electron chi connectivity index (χ1n) is 16.2. The van der Waals surface area contributed by atoms with Gasteiger partial charge in [-0.3, -0.25) is 24.0 Å². The van der Waals surface area contributed by atoms with Crippen molar-refractivity contribution in [2.45, 2.75) is 24.9 Å². The number of nitrogens with zero attached hydrogens (tertiary/aromatic N) is 3. The summed E-state index contributed by atoms with van der Waals surface area (Å²) in [4.78, 5) is 70.9. The molecule has 0 aliphatic carbocycles. The molecule has 0 aliphatic heterocycles. The molecule has 0 radical (unpaired) electrons. The van der Waals surface area contributed by atoms with E-state index in [1.165, 1.54) is 35.8 Å². The topological polar surface area (TPSA) is 273 Å². The number of aliphatic hydroxyl groups excluding tert-OH is 7. The fourth-order valence-corrected chi connectivity index (χ4v) is 13.7. The Morgan fingerprint density at radius 3 is 1.43 bits per heavy atom. The minimum Gasteiger partial charge on any atom is -0.394 e. The fraction of sp³-hybridized carbons (Fsp3) is 0.469. The van der Waals surface area contributed by atoms with E-state index < -0.39 is 74.4 Å². The molecule has 0 saturated heterocycles. The first kappa shape index (κ1) is 51.8. The van der Waals surface area contributed by atoms with E-state index in [0.29, 0.717) is 14.3 Å². The third kappa shape index (κ3) is 13.1. The lowest BCUT2D eigenvalue weighted by atomic mass is 10.1. The molecular weight excluding hydrogens is 1420 g/mol. The number of carbonyl (C=O) groups is 5. The number of hydrogen-bond donors (Lipinski definition) is 10. The Morgan fingerprint density at radius 1 is 0.589 bits per heavy atom. The molecule has 2 aromatic rings. The van der Waals surface area contributed by atoms with Crippen molar-refractivity contribution in [2.24, 2.45) is 0 Å². The normalized spacial score (nSPS) is 12.7. The van der Waals surface area contributed by atoms with E-state index >= 15 is 0 Å². The van der Waals surface area contributed by atoms with Crippen molar-refractivity contribution in [1.82, 2.24) is 20.0 Å². The number of carbonyl (C=O) groups excluding carboxylic acids is 5. The third-order valence-electron chi connectivity index (χ3n) is 7.78. The molecule has 2 rings (SSSR count). The van der Waals surface area contributed by atoms with E-state index in [-0.39, 0.29) is 73.4 Å². The molecule has 0 aromatic heterocycles. The van der Waals surface area contributed by atoms with Crippen molar-refractivity contribution in [3.8, 4) is 0 Å². The smallest absolute Gasteiger partial charge is 0.255 e. The molecular formula is C32H40I6N6O12. The molecule has 24 heteroatoms. The maximum absolute atomic E-state index is 14.0. The summed E-state index contributed by atoms with van der Waals surface area (Å²) in [5.74, 6) is -3.04. The van der Waals surface area contributed by atoms with E-state index in [1.54, 1.807) is 0 Å². The molecule has 3 unspecified atom stereocenters. The lowest BCUT2D eigenvalue weighted by molar-refractivity contribution is -0.118. The second kappa shape index (κ2) is 24.2. The minimum absolute atomic E-state index is 0.0584. The van der Waals surface area contributed by atoms with Crippen molar-refractivity contribution in [3.63, 3.8) is 0 Å². The lowest BCUT2D eigenvalue weighted by Crippen LogP contribution is -2.38. The standard InChI is InChI=1S/C32H40I6N6O12/c1-42(30(54)19-22(34)20(32(56)44(3)8-14(50)10-46)26(38)28(25(19)37)41-16(52)12-48)6-4-5-39-29(53)17-21(33)18(31(55)43(2)7-13(49)9-45)24(36)27(23(17)35)40-15(51)11-47/h13-15,40,45-51H,4-12H2,1-3H3,(H,39,53)(H,41,52). The van der Waals surface area contributed by atoms with Crippen LogP contribution in [0.4, 0.5) is 11.4 Å². The molecule has 5 amide bonds. The van der Waals surface area contributed by atoms with Gasteiger partial charge in [-0.25, -0.2) is 0 Å². The summed E-state index contributed by atoms with van der Waals surface area (Å²) in [6.45, 7) is -2.93. The van der Waals surface area contributed by atoms with Crippen LogP contribution in [-0.4, -0.2) is 172 Å². The summed E-state index contributed by atoms with van der Waals surface area (Å²) in [5, 5.41) is 75.6. The van der Waals surface area contributed by atoms with Gasteiger partial charge in [-0.2, -0.15) is 0 Å². The summed E-state index contributed by atoms with van der Waals surface area (Å²) in [6, 6.07) is 0.